The molecule has 0 aliphatic carbocycles. The lowest BCUT2D eigenvalue weighted by atomic mass is 10.1. The Labute approximate surface area is 186 Å². The van der Waals surface area contributed by atoms with E-state index >= 15 is 0 Å². The van der Waals surface area contributed by atoms with Crippen LogP contribution in [0.4, 0.5) is 4.39 Å². The predicted molar refractivity (Wildman–Crippen MR) is 122 cm³/mol. The van der Waals surface area contributed by atoms with Crippen LogP contribution in [0.1, 0.15) is 17.1 Å². The second kappa shape index (κ2) is 8.00. The molecular formula is C24H17BrFN5. The minimum atomic E-state index is -0.286. The molecule has 0 amide bonds. The van der Waals surface area contributed by atoms with Crippen LogP contribution in [0.25, 0.3) is 33.7 Å². The maximum absolute atomic E-state index is 13.6. The lowest BCUT2D eigenvalue weighted by Crippen LogP contribution is -1.92. The molecule has 7 heteroatoms. The molecule has 3 heterocycles. The molecule has 152 valence electrons. The molecule has 0 radical (unpaired) electrons. The first-order chi connectivity index (χ1) is 15.1. The smallest absolute Gasteiger partial charge is 0.137 e. The van der Waals surface area contributed by atoms with E-state index < -0.39 is 0 Å². The van der Waals surface area contributed by atoms with E-state index in [1.165, 1.54) is 6.07 Å². The Morgan fingerprint density at radius 2 is 1.77 bits per heavy atom. The number of H-pyrrole nitrogens is 1. The fourth-order valence-corrected chi connectivity index (χ4v) is 3.96. The summed E-state index contributed by atoms with van der Waals surface area (Å²) in [5, 5.41) is 0. The first kappa shape index (κ1) is 19.5. The van der Waals surface area contributed by atoms with Gasteiger partial charge in [0, 0.05) is 30.1 Å². The quantitative estimate of drug-likeness (QED) is 0.353. The summed E-state index contributed by atoms with van der Waals surface area (Å²) in [5.74, 6) is 0.483. The number of halogens is 2. The van der Waals surface area contributed by atoms with Crippen LogP contribution in [-0.2, 0) is 6.42 Å². The first-order valence-corrected chi connectivity index (χ1v) is 10.5. The zero-order valence-corrected chi connectivity index (χ0v) is 18.2. The number of pyridine rings is 1. The van der Waals surface area contributed by atoms with Gasteiger partial charge in [-0.3, -0.25) is 15.0 Å². The number of aromatic amines is 1. The van der Waals surface area contributed by atoms with Crippen LogP contribution in [-0.4, -0.2) is 24.9 Å². The fourth-order valence-electron chi connectivity index (χ4n) is 3.54. The summed E-state index contributed by atoms with van der Waals surface area (Å²) in [6.45, 7) is 1.96. The molecule has 0 aliphatic rings. The summed E-state index contributed by atoms with van der Waals surface area (Å²) in [6.07, 6.45) is 3.89. The largest absolute Gasteiger partial charge is 0.340 e. The minimum absolute atomic E-state index is 0.286. The van der Waals surface area contributed by atoms with Gasteiger partial charge in [-0.1, -0.05) is 18.2 Å². The highest BCUT2D eigenvalue weighted by molar-refractivity contribution is 9.10. The maximum Gasteiger partial charge on any atom is 0.137 e. The van der Waals surface area contributed by atoms with Gasteiger partial charge < -0.3 is 4.98 Å². The van der Waals surface area contributed by atoms with Crippen molar-refractivity contribution < 1.29 is 4.39 Å². The Kier molecular flexibility index (Phi) is 5.03. The lowest BCUT2D eigenvalue weighted by molar-refractivity contribution is 0.620. The van der Waals surface area contributed by atoms with E-state index in [-0.39, 0.29) is 5.82 Å². The van der Waals surface area contributed by atoms with Gasteiger partial charge in [0.2, 0.25) is 0 Å². The molecule has 0 fully saturated rings. The summed E-state index contributed by atoms with van der Waals surface area (Å²) in [5.41, 5.74) is 6.86. The fraction of sp³-hybridized carbons (Fsp3) is 0.0833. The Morgan fingerprint density at radius 1 is 0.935 bits per heavy atom. The molecule has 5 nitrogen and oxygen atoms in total. The summed E-state index contributed by atoms with van der Waals surface area (Å²) >= 11 is 3.25. The predicted octanol–water partition coefficient (Wildman–Crippen LogP) is 5.88. The summed E-state index contributed by atoms with van der Waals surface area (Å²) in [7, 11) is 0. The number of rotatable bonds is 4. The number of hydrogen-bond acceptors (Lipinski definition) is 4. The van der Waals surface area contributed by atoms with Crippen LogP contribution in [0.2, 0.25) is 0 Å². The highest BCUT2D eigenvalue weighted by atomic mass is 79.9. The van der Waals surface area contributed by atoms with Crippen molar-refractivity contribution in [3.05, 3.63) is 94.4 Å². The monoisotopic (exact) mass is 473 g/mol. The number of fused-ring (bicyclic) bond motifs is 1. The molecule has 0 atom stereocenters. The number of nitrogens with one attached hydrogen (secondary N) is 1. The van der Waals surface area contributed by atoms with Crippen molar-refractivity contribution in [2.75, 3.05) is 0 Å². The number of nitrogens with zero attached hydrogens (tertiary/aromatic N) is 4. The number of hydrogen-bond donors (Lipinski definition) is 1. The van der Waals surface area contributed by atoms with Crippen molar-refractivity contribution in [3.63, 3.8) is 0 Å². The second-order valence-electron chi connectivity index (χ2n) is 7.26. The highest BCUT2D eigenvalue weighted by Crippen LogP contribution is 2.31. The number of imidazole rings is 1. The molecule has 0 aliphatic heterocycles. The lowest BCUT2D eigenvalue weighted by Gasteiger charge is -2.04. The molecule has 3 aromatic heterocycles. The Bertz CT molecular complexity index is 1410. The molecule has 5 aromatic rings. The highest BCUT2D eigenvalue weighted by Gasteiger charge is 2.17. The van der Waals surface area contributed by atoms with Crippen molar-refractivity contribution >= 4 is 27.0 Å². The Balaban J connectivity index is 1.63. The zero-order valence-electron chi connectivity index (χ0n) is 16.6. The van der Waals surface area contributed by atoms with Gasteiger partial charge in [-0.05, 0) is 64.8 Å². The van der Waals surface area contributed by atoms with E-state index in [4.69, 9.17) is 4.98 Å². The van der Waals surface area contributed by atoms with E-state index in [0.29, 0.717) is 10.9 Å². The van der Waals surface area contributed by atoms with Gasteiger partial charge in [-0.15, -0.1) is 0 Å². The van der Waals surface area contributed by atoms with E-state index in [1.54, 1.807) is 24.5 Å². The van der Waals surface area contributed by atoms with Crippen LogP contribution in [0.3, 0.4) is 0 Å². The molecule has 0 saturated heterocycles. The summed E-state index contributed by atoms with van der Waals surface area (Å²) in [4.78, 5) is 21.8. The molecule has 31 heavy (non-hydrogen) atoms. The van der Waals surface area contributed by atoms with Crippen molar-refractivity contribution in [3.8, 4) is 22.6 Å². The van der Waals surface area contributed by atoms with Crippen molar-refractivity contribution in [2.24, 2.45) is 0 Å². The van der Waals surface area contributed by atoms with Crippen LogP contribution in [0.15, 0.2) is 71.5 Å². The standard InChI is InChI=1S/C24H17BrFN5/c1-14-3-2-4-20(29-14)24-23(16-6-8-19-21(13-16)28-10-9-27-19)30-22(31-24)12-15-5-7-18(26)17(25)11-15/h2-11,13H,12H2,1H3,(H,30,31). The van der Waals surface area contributed by atoms with Gasteiger partial charge in [-0.25, -0.2) is 9.37 Å². The van der Waals surface area contributed by atoms with Crippen molar-refractivity contribution in [1.29, 1.82) is 0 Å². The second-order valence-corrected chi connectivity index (χ2v) is 8.11. The van der Waals surface area contributed by atoms with E-state index in [0.717, 1.165) is 50.8 Å². The molecule has 1 N–H and O–H groups in total. The topological polar surface area (TPSA) is 67.3 Å². The van der Waals surface area contributed by atoms with Crippen molar-refractivity contribution in [2.45, 2.75) is 13.3 Å². The van der Waals surface area contributed by atoms with Gasteiger partial charge in [0.1, 0.15) is 11.6 Å². The van der Waals surface area contributed by atoms with Crippen LogP contribution in [0, 0.1) is 12.7 Å². The molecule has 0 unspecified atom stereocenters. The molecule has 0 saturated carbocycles. The summed E-state index contributed by atoms with van der Waals surface area (Å²) < 4.78 is 14.1. The summed E-state index contributed by atoms with van der Waals surface area (Å²) in [6, 6.07) is 16.8. The van der Waals surface area contributed by atoms with Gasteiger partial charge >= 0.3 is 0 Å². The maximum atomic E-state index is 13.6. The third-order valence-corrected chi connectivity index (χ3v) is 5.60. The van der Waals surface area contributed by atoms with Gasteiger partial charge in [0.05, 0.1) is 32.6 Å². The average molecular weight is 474 g/mol. The van der Waals surface area contributed by atoms with Crippen molar-refractivity contribution in [1.82, 2.24) is 24.9 Å². The molecule has 5 rings (SSSR count). The SMILES string of the molecule is Cc1cccc(-c2[nH]c(Cc3ccc(F)c(Br)c3)nc2-c2ccc3nccnc3c2)n1. The molecule has 0 spiro atoms. The first-order valence-electron chi connectivity index (χ1n) is 9.75. The zero-order chi connectivity index (χ0) is 21.4. The van der Waals surface area contributed by atoms with Gasteiger partial charge in [0.15, 0.2) is 0 Å². The van der Waals surface area contributed by atoms with Crippen LogP contribution >= 0.6 is 15.9 Å². The minimum Gasteiger partial charge on any atom is -0.340 e. The van der Waals surface area contributed by atoms with E-state index in [9.17, 15) is 4.39 Å². The molecular weight excluding hydrogens is 457 g/mol. The number of aromatic nitrogens is 5. The van der Waals surface area contributed by atoms with E-state index in [2.05, 4.69) is 35.9 Å². The van der Waals surface area contributed by atoms with Crippen LogP contribution in [0.5, 0.6) is 0 Å². The van der Waals surface area contributed by atoms with Crippen LogP contribution < -0.4 is 0 Å². The number of benzene rings is 2. The third kappa shape index (κ3) is 3.96. The molecule has 2 aromatic carbocycles. The number of aryl methyl sites for hydroxylation is 1. The normalized spacial score (nSPS) is 11.2. The molecule has 0 bridgehead atoms. The van der Waals surface area contributed by atoms with Gasteiger partial charge in [0.25, 0.3) is 0 Å². The van der Waals surface area contributed by atoms with E-state index in [1.807, 2.05) is 43.3 Å². The van der Waals surface area contributed by atoms with Gasteiger partial charge in [-0.2, -0.15) is 0 Å². The average Bonchev–Trinajstić information content (AvgIpc) is 3.20. The Hall–Kier alpha value is -3.45. The Morgan fingerprint density at radius 3 is 2.58 bits per heavy atom. The third-order valence-electron chi connectivity index (χ3n) is 5.00.